The van der Waals surface area contributed by atoms with E-state index in [-0.39, 0.29) is 24.4 Å². The molecule has 1 heterocycles. The Hall–Kier alpha value is -3.00. The van der Waals surface area contributed by atoms with E-state index in [0.29, 0.717) is 22.2 Å². The van der Waals surface area contributed by atoms with E-state index in [4.69, 9.17) is 5.73 Å². The van der Waals surface area contributed by atoms with Crippen LogP contribution in [0.1, 0.15) is 16.8 Å². The summed E-state index contributed by atoms with van der Waals surface area (Å²) in [7, 11) is 0. The first-order valence-electron chi connectivity index (χ1n) is 7.78. The number of aryl methyl sites for hydroxylation is 1. The Labute approximate surface area is 157 Å². The van der Waals surface area contributed by atoms with Crippen molar-refractivity contribution in [2.24, 2.45) is 5.73 Å². The molecule has 0 atom stereocenters. The minimum atomic E-state index is -0.568. The molecule has 0 saturated carbocycles. The molecule has 1 aromatic heterocycles. The highest BCUT2D eigenvalue weighted by atomic mass is 79.9. The molecule has 0 aliphatic heterocycles. The molecule has 0 unspecified atom stereocenters. The predicted molar refractivity (Wildman–Crippen MR) is 102 cm³/mol. The lowest BCUT2D eigenvalue weighted by Crippen LogP contribution is -2.23. The zero-order valence-corrected chi connectivity index (χ0v) is 15.2. The van der Waals surface area contributed by atoms with Crippen LogP contribution >= 0.6 is 15.9 Å². The maximum absolute atomic E-state index is 12.5. The normalized spacial score (nSPS) is 10.7. The van der Waals surface area contributed by atoms with Gasteiger partial charge in [-0.15, -0.1) is 0 Å². The summed E-state index contributed by atoms with van der Waals surface area (Å²) in [5.41, 5.74) is 6.39. The van der Waals surface area contributed by atoms with E-state index in [1.807, 2.05) is 6.07 Å². The van der Waals surface area contributed by atoms with Crippen molar-refractivity contribution in [1.82, 2.24) is 9.55 Å². The zero-order valence-electron chi connectivity index (χ0n) is 13.6. The summed E-state index contributed by atoms with van der Waals surface area (Å²) >= 11 is 3.33. The fraction of sp³-hybridized carbons (Fsp3) is 0.111. The van der Waals surface area contributed by atoms with Gasteiger partial charge in [0.05, 0.1) is 17.2 Å². The Morgan fingerprint density at radius 3 is 2.77 bits per heavy atom. The molecule has 132 valence electrons. The lowest BCUT2D eigenvalue weighted by Gasteiger charge is -2.08. The average molecular weight is 415 g/mol. The molecule has 3 rings (SSSR count). The molecule has 3 N–H and O–H groups in total. The van der Waals surface area contributed by atoms with Crippen LogP contribution in [0.3, 0.4) is 0 Å². The second-order valence-corrected chi connectivity index (χ2v) is 6.56. The lowest BCUT2D eigenvalue weighted by molar-refractivity contribution is -0.116. The van der Waals surface area contributed by atoms with Crippen molar-refractivity contribution >= 4 is 44.3 Å². The Morgan fingerprint density at radius 2 is 2.00 bits per heavy atom. The summed E-state index contributed by atoms with van der Waals surface area (Å²) in [6.45, 7) is 0.190. The number of nitrogens with one attached hydrogen (secondary N) is 1. The van der Waals surface area contributed by atoms with Crippen LogP contribution < -0.4 is 16.6 Å². The SMILES string of the molecule is NC(=O)c1cccc(NC(=O)CCn2cnc3ccc(Br)cc3c2=O)c1. The van der Waals surface area contributed by atoms with E-state index in [0.717, 1.165) is 4.47 Å². The fourth-order valence-corrected chi connectivity index (χ4v) is 2.85. The van der Waals surface area contributed by atoms with Gasteiger partial charge in [0.2, 0.25) is 11.8 Å². The summed E-state index contributed by atoms with van der Waals surface area (Å²) in [6, 6.07) is 11.6. The van der Waals surface area contributed by atoms with Gasteiger partial charge in [0.25, 0.3) is 5.56 Å². The minimum Gasteiger partial charge on any atom is -0.366 e. The number of amides is 2. The molecule has 2 amide bonds. The third-order valence-corrected chi connectivity index (χ3v) is 4.29. The van der Waals surface area contributed by atoms with E-state index >= 15 is 0 Å². The Bertz CT molecular complexity index is 1060. The molecule has 0 fully saturated rings. The average Bonchev–Trinajstić information content (AvgIpc) is 2.62. The number of nitrogens with two attached hydrogens (primary N) is 1. The first-order valence-corrected chi connectivity index (χ1v) is 8.58. The van der Waals surface area contributed by atoms with E-state index in [1.54, 1.807) is 30.3 Å². The number of carbonyl (C=O) groups excluding carboxylic acids is 2. The molecule has 0 saturated heterocycles. The summed E-state index contributed by atoms with van der Waals surface area (Å²) in [6.07, 6.45) is 1.52. The molecule has 0 spiro atoms. The molecule has 0 radical (unpaired) electrons. The van der Waals surface area contributed by atoms with Crippen molar-refractivity contribution in [2.75, 3.05) is 5.32 Å². The maximum atomic E-state index is 12.5. The summed E-state index contributed by atoms with van der Waals surface area (Å²) in [5.74, 6) is -0.853. The second-order valence-electron chi connectivity index (χ2n) is 5.65. The highest BCUT2D eigenvalue weighted by Gasteiger charge is 2.08. The molecule has 0 bridgehead atoms. The second kappa shape index (κ2) is 7.49. The monoisotopic (exact) mass is 414 g/mol. The zero-order chi connectivity index (χ0) is 18.7. The minimum absolute atomic E-state index is 0.0852. The topological polar surface area (TPSA) is 107 Å². The molecule has 8 heteroatoms. The maximum Gasteiger partial charge on any atom is 0.261 e. The first-order chi connectivity index (χ1) is 12.4. The van der Waals surface area contributed by atoms with Crippen LogP contribution in [0.5, 0.6) is 0 Å². The summed E-state index contributed by atoms with van der Waals surface area (Å²) in [4.78, 5) is 40.0. The van der Waals surface area contributed by atoms with Gasteiger partial charge in [0.15, 0.2) is 0 Å². The molecule has 7 nitrogen and oxygen atoms in total. The molecule has 3 aromatic rings. The molecule has 26 heavy (non-hydrogen) atoms. The van der Waals surface area contributed by atoms with Crippen molar-refractivity contribution in [3.8, 4) is 0 Å². The summed E-state index contributed by atoms with van der Waals surface area (Å²) in [5, 5.41) is 3.17. The van der Waals surface area contributed by atoms with Gasteiger partial charge in [-0.1, -0.05) is 22.0 Å². The van der Waals surface area contributed by atoms with Crippen molar-refractivity contribution < 1.29 is 9.59 Å². The molecular weight excluding hydrogens is 400 g/mol. The van der Waals surface area contributed by atoms with Gasteiger partial charge in [-0.05, 0) is 36.4 Å². The lowest BCUT2D eigenvalue weighted by atomic mass is 10.2. The quantitative estimate of drug-likeness (QED) is 0.667. The fourth-order valence-electron chi connectivity index (χ4n) is 2.49. The number of carbonyl (C=O) groups is 2. The molecule has 0 aliphatic carbocycles. The smallest absolute Gasteiger partial charge is 0.261 e. The van der Waals surface area contributed by atoms with Gasteiger partial charge in [-0.2, -0.15) is 0 Å². The number of anilines is 1. The number of nitrogens with zero attached hydrogens (tertiary/aromatic N) is 2. The summed E-state index contributed by atoms with van der Waals surface area (Å²) < 4.78 is 2.18. The van der Waals surface area contributed by atoms with Crippen LogP contribution in [0.15, 0.2) is 58.1 Å². The standard InChI is InChI=1S/C18H15BrN4O3/c19-12-4-5-15-14(9-12)18(26)23(10-21-15)7-6-16(24)22-13-3-1-2-11(8-13)17(20)25/h1-5,8-10H,6-7H2,(H2,20,25)(H,22,24). The van der Waals surface area contributed by atoms with E-state index < -0.39 is 5.91 Å². The van der Waals surface area contributed by atoms with Crippen molar-refractivity contribution in [1.29, 1.82) is 0 Å². The number of halogens is 1. The number of hydrogen-bond donors (Lipinski definition) is 2. The van der Waals surface area contributed by atoms with Gasteiger partial charge >= 0.3 is 0 Å². The van der Waals surface area contributed by atoms with Crippen molar-refractivity contribution in [3.63, 3.8) is 0 Å². The van der Waals surface area contributed by atoms with Gasteiger partial charge < -0.3 is 11.1 Å². The van der Waals surface area contributed by atoms with Crippen LogP contribution in [0.4, 0.5) is 5.69 Å². The number of benzene rings is 2. The van der Waals surface area contributed by atoms with Crippen LogP contribution in [-0.4, -0.2) is 21.4 Å². The number of primary amides is 1. The number of hydrogen-bond acceptors (Lipinski definition) is 4. The Morgan fingerprint density at radius 1 is 1.19 bits per heavy atom. The first kappa shape index (κ1) is 17.8. The van der Waals surface area contributed by atoms with Crippen LogP contribution in [0.25, 0.3) is 10.9 Å². The van der Waals surface area contributed by atoms with Crippen molar-refractivity contribution in [2.45, 2.75) is 13.0 Å². The van der Waals surface area contributed by atoms with Crippen molar-refractivity contribution in [3.05, 3.63) is 69.2 Å². The van der Waals surface area contributed by atoms with Crippen LogP contribution in [0, 0.1) is 0 Å². The Kier molecular flexibility index (Phi) is 5.13. The van der Waals surface area contributed by atoms with Crippen LogP contribution in [0.2, 0.25) is 0 Å². The van der Waals surface area contributed by atoms with E-state index in [2.05, 4.69) is 26.2 Å². The number of fused-ring (bicyclic) bond motifs is 1. The molecular formula is C18H15BrN4O3. The van der Waals surface area contributed by atoms with Gasteiger partial charge in [0.1, 0.15) is 0 Å². The van der Waals surface area contributed by atoms with Gasteiger partial charge in [-0.25, -0.2) is 4.98 Å². The van der Waals surface area contributed by atoms with Crippen LogP contribution in [-0.2, 0) is 11.3 Å². The van der Waals surface area contributed by atoms with Gasteiger partial charge in [-0.3, -0.25) is 19.0 Å². The predicted octanol–water partition coefficient (Wildman–Crippen LogP) is 2.29. The van der Waals surface area contributed by atoms with Gasteiger partial charge in [0, 0.05) is 28.7 Å². The highest BCUT2D eigenvalue weighted by Crippen LogP contribution is 2.15. The third-order valence-electron chi connectivity index (χ3n) is 3.80. The Balaban J connectivity index is 1.71. The highest BCUT2D eigenvalue weighted by molar-refractivity contribution is 9.10. The molecule has 0 aliphatic rings. The molecule has 2 aromatic carbocycles. The number of aromatic nitrogens is 2. The third kappa shape index (κ3) is 3.97. The van der Waals surface area contributed by atoms with E-state index in [9.17, 15) is 14.4 Å². The largest absolute Gasteiger partial charge is 0.366 e. The van der Waals surface area contributed by atoms with E-state index in [1.165, 1.54) is 17.0 Å². The number of rotatable bonds is 5.